The van der Waals surface area contributed by atoms with E-state index in [0.717, 1.165) is 5.56 Å². The Morgan fingerprint density at radius 1 is 1.46 bits per heavy atom. The molecule has 1 fully saturated rings. The van der Waals surface area contributed by atoms with Gasteiger partial charge in [0, 0.05) is 18.5 Å². The van der Waals surface area contributed by atoms with E-state index in [0.29, 0.717) is 43.5 Å². The van der Waals surface area contributed by atoms with Crippen molar-refractivity contribution in [3.05, 3.63) is 41.2 Å². The molecule has 1 N–H and O–H groups in total. The fourth-order valence-corrected chi connectivity index (χ4v) is 3.07. The zero-order valence-electron chi connectivity index (χ0n) is 13.2. The Labute approximate surface area is 137 Å². The second-order valence-corrected chi connectivity index (χ2v) is 5.99. The standard InChI is InChI=1S/C16H17FN4O3/c1-9-18-15(20-19-9)14-8-21(4-5-23-14)16(22)13-7-10-6-11(17)2-3-12(10)24-13/h2-3,6,13-14H,4-5,7-8H2,1H3,(H,18,19,20)/t13-,14-/m1/s1. The first-order chi connectivity index (χ1) is 11.6. The monoisotopic (exact) mass is 332 g/mol. The number of nitrogens with one attached hydrogen (secondary N) is 1. The molecule has 0 spiro atoms. The maximum absolute atomic E-state index is 13.3. The highest BCUT2D eigenvalue weighted by molar-refractivity contribution is 5.82. The Morgan fingerprint density at radius 2 is 2.33 bits per heavy atom. The van der Waals surface area contributed by atoms with Crippen molar-refractivity contribution in [2.75, 3.05) is 19.7 Å². The Hall–Kier alpha value is -2.48. The number of carbonyl (C=O) groups excluding carboxylic acids is 1. The summed E-state index contributed by atoms with van der Waals surface area (Å²) in [6.45, 7) is 3.09. The van der Waals surface area contributed by atoms with Crippen molar-refractivity contribution in [2.24, 2.45) is 0 Å². The maximum Gasteiger partial charge on any atom is 0.264 e. The summed E-state index contributed by atoms with van der Waals surface area (Å²) in [5, 5.41) is 6.88. The number of rotatable bonds is 2. The van der Waals surface area contributed by atoms with Gasteiger partial charge in [0.15, 0.2) is 11.9 Å². The van der Waals surface area contributed by atoms with E-state index in [9.17, 15) is 9.18 Å². The summed E-state index contributed by atoms with van der Waals surface area (Å²) in [5.74, 6) is 1.38. The molecule has 3 heterocycles. The summed E-state index contributed by atoms with van der Waals surface area (Å²) in [6, 6.07) is 4.32. The van der Waals surface area contributed by atoms with Gasteiger partial charge in [-0.2, -0.15) is 5.10 Å². The molecule has 2 aliphatic rings. The fourth-order valence-electron chi connectivity index (χ4n) is 3.07. The number of aromatic nitrogens is 3. The largest absolute Gasteiger partial charge is 0.480 e. The minimum atomic E-state index is -0.616. The molecule has 1 aromatic carbocycles. The molecule has 2 aromatic rings. The highest BCUT2D eigenvalue weighted by Gasteiger charge is 2.36. The number of H-pyrrole nitrogens is 1. The predicted molar refractivity (Wildman–Crippen MR) is 80.9 cm³/mol. The van der Waals surface area contributed by atoms with Crippen molar-refractivity contribution in [2.45, 2.75) is 25.6 Å². The molecule has 0 saturated carbocycles. The molecule has 24 heavy (non-hydrogen) atoms. The molecule has 126 valence electrons. The third kappa shape index (κ3) is 2.73. The van der Waals surface area contributed by atoms with E-state index in [4.69, 9.17) is 9.47 Å². The number of amides is 1. The van der Waals surface area contributed by atoms with Crippen molar-refractivity contribution < 1.29 is 18.7 Å². The van der Waals surface area contributed by atoms with Crippen LogP contribution in [0.15, 0.2) is 18.2 Å². The molecule has 0 aliphatic carbocycles. The van der Waals surface area contributed by atoms with E-state index >= 15 is 0 Å². The number of aryl methyl sites for hydroxylation is 1. The van der Waals surface area contributed by atoms with E-state index in [1.165, 1.54) is 12.1 Å². The van der Waals surface area contributed by atoms with Crippen LogP contribution >= 0.6 is 0 Å². The molecule has 7 nitrogen and oxygen atoms in total. The molecule has 8 heteroatoms. The number of ether oxygens (including phenoxy) is 2. The van der Waals surface area contributed by atoms with Crippen molar-refractivity contribution in [1.82, 2.24) is 20.1 Å². The Balaban J connectivity index is 1.45. The molecule has 0 bridgehead atoms. The van der Waals surface area contributed by atoms with Crippen LogP contribution < -0.4 is 4.74 Å². The van der Waals surface area contributed by atoms with E-state index in [1.54, 1.807) is 11.0 Å². The molecular formula is C16H17FN4O3. The van der Waals surface area contributed by atoms with Crippen LogP contribution in [0.25, 0.3) is 0 Å². The summed E-state index contributed by atoms with van der Waals surface area (Å²) in [6.07, 6.45) is -0.587. The van der Waals surface area contributed by atoms with Gasteiger partial charge >= 0.3 is 0 Å². The number of hydrogen-bond acceptors (Lipinski definition) is 5. The Kier molecular flexibility index (Phi) is 3.68. The van der Waals surface area contributed by atoms with E-state index in [2.05, 4.69) is 15.2 Å². The predicted octanol–water partition coefficient (Wildman–Crippen LogP) is 1.16. The van der Waals surface area contributed by atoms with Crippen LogP contribution in [0.3, 0.4) is 0 Å². The highest BCUT2D eigenvalue weighted by Crippen LogP contribution is 2.30. The number of carbonyl (C=O) groups is 1. The molecule has 0 unspecified atom stereocenters. The highest BCUT2D eigenvalue weighted by atomic mass is 19.1. The van der Waals surface area contributed by atoms with E-state index in [-0.39, 0.29) is 17.8 Å². The molecular weight excluding hydrogens is 315 g/mol. The summed E-state index contributed by atoms with van der Waals surface area (Å²) in [7, 11) is 0. The second-order valence-electron chi connectivity index (χ2n) is 5.99. The van der Waals surface area contributed by atoms with E-state index < -0.39 is 6.10 Å². The number of halogens is 1. The first kappa shape index (κ1) is 15.1. The van der Waals surface area contributed by atoms with E-state index in [1.807, 2.05) is 6.92 Å². The lowest BCUT2D eigenvalue weighted by Crippen LogP contribution is -2.48. The number of aromatic amines is 1. The van der Waals surface area contributed by atoms with Crippen LogP contribution in [0.2, 0.25) is 0 Å². The summed E-state index contributed by atoms with van der Waals surface area (Å²) >= 11 is 0. The summed E-state index contributed by atoms with van der Waals surface area (Å²) in [5.41, 5.74) is 0.725. The first-order valence-electron chi connectivity index (χ1n) is 7.84. The summed E-state index contributed by atoms with van der Waals surface area (Å²) < 4.78 is 24.7. The number of fused-ring (bicyclic) bond motifs is 1. The normalized spacial score (nSPS) is 23.0. The topological polar surface area (TPSA) is 80.3 Å². The summed E-state index contributed by atoms with van der Waals surface area (Å²) in [4.78, 5) is 18.7. The Morgan fingerprint density at radius 3 is 3.12 bits per heavy atom. The second kappa shape index (κ2) is 5.86. The quantitative estimate of drug-likeness (QED) is 0.892. The molecule has 1 saturated heterocycles. The zero-order valence-corrected chi connectivity index (χ0v) is 13.2. The van der Waals surface area contributed by atoms with Gasteiger partial charge in [0.25, 0.3) is 5.91 Å². The lowest BCUT2D eigenvalue weighted by Gasteiger charge is -2.32. The lowest BCUT2D eigenvalue weighted by molar-refractivity contribution is -0.146. The van der Waals surface area contributed by atoms with Gasteiger partial charge in [0.05, 0.1) is 13.2 Å². The van der Waals surface area contributed by atoms with Gasteiger partial charge in [-0.05, 0) is 25.1 Å². The lowest BCUT2D eigenvalue weighted by atomic mass is 10.1. The average Bonchev–Trinajstić information content (AvgIpc) is 3.20. The number of hydrogen-bond donors (Lipinski definition) is 1. The fraction of sp³-hybridized carbons (Fsp3) is 0.438. The SMILES string of the molecule is Cc1nc([C@H]2CN(C(=O)[C@H]3Cc4cc(F)ccc4O3)CCO2)n[nH]1. The van der Waals surface area contributed by atoms with Gasteiger partial charge in [0.2, 0.25) is 0 Å². The molecule has 2 atom stereocenters. The Bertz CT molecular complexity index is 778. The minimum absolute atomic E-state index is 0.118. The van der Waals surface area contributed by atoms with Crippen LogP contribution in [-0.4, -0.2) is 51.8 Å². The smallest absolute Gasteiger partial charge is 0.264 e. The van der Waals surface area contributed by atoms with Gasteiger partial charge in [-0.1, -0.05) is 0 Å². The molecule has 4 rings (SSSR count). The van der Waals surface area contributed by atoms with Gasteiger partial charge in [0.1, 0.15) is 23.5 Å². The third-order valence-corrected chi connectivity index (χ3v) is 4.25. The van der Waals surface area contributed by atoms with Gasteiger partial charge in [-0.15, -0.1) is 0 Å². The van der Waals surface area contributed by atoms with Gasteiger partial charge < -0.3 is 14.4 Å². The third-order valence-electron chi connectivity index (χ3n) is 4.25. The van der Waals surface area contributed by atoms with Crippen LogP contribution in [-0.2, 0) is 16.0 Å². The zero-order chi connectivity index (χ0) is 16.7. The van der Waals surface area contributed by atoms with Crippen LogP contribution in [0, 0.1) is 12.7 Å². The van der Waals surface area contributed by atoms with Gasteiger partial charge in [-0.25, -0.2) is 9.37 Å². The van der Waals surface area contributed by atoms with Crippen LogP contribution in [0.1, 0.15) is 23.3 Å². The van der Waals surface area contributed by atoms with Gasteiger partial charge in [-0.3, -0.25) is 9.89 Å². The first-order valence-corrected chi connectivity index (χ1v) is 7.84. The maximum atomic E-state index is 13.3. The molecule has 1 aromatic heterocycles. The number of nitrogens with zero attached hydrogens (tertiary/aromatic N) is 3. The molecule has 0 radical (unpaired) electrons. The minimum Gasteiger partial charge on any atom is -0.480 e. The average molecular weight is 332 g/mol. The van der Waals surface area contributed by atoms with Crippen LogP contribution in [0.5, 0.6) is 5.75 Å². The van der Waals surface area contributed by atoms with Crippen LogP contribution in [0.4, 0.5) is 4.39 Å². The number of morpholine rings is 1. The van der Waals surface area contributed by atoms with Crippen molar-refractivity contribution in [3.63, 3.8) is 0 Å². The van der Waals surface area contributed by atoms with Crippen molar-refractivity contribution >= 4 is 5.91 Å². The van der Waals surface area contributed by atoms with Crippen molar-refractivity contribution in [3.8, 4) is 5.75 Å². The van der Waals surface area contributed by atoms with Crippen molar-refractivity contribution in [1.29, 1.82) is 0 Å². The number of benzene rings is 1. The molecule has 1 amide bonds. The molecule has 2 aliphatic heterocycles.